The third-order valence-corrected chi connectivity index (χ3v) is 7.55. The van der Waals surface area contributed by atoms with E-state index in [1.165, 1.54) is 0 Å². The predicted molar refractivity (Wildman–Crippen MR) is 155 cm³/mol. The minimum Gasteiger partial charge on any atom is -0.491 e. The fourth-order valence-corrected chi connectivity index (χ4v) is 5.21. The second-order valence-corrected chi connectivity index (χ2v) is 10.7. The zero-order valence-corrected chi connectivity index (χ0v) is 23.2. The summed E-state index contributed by atoms with van der Waals surface area (Å²) in [7, 11) is 0. The Balaban J connectivity index is 0.000000426. The number of halogens is 1. The number of benzene rings is 2. The molecule has 0 radical (unpaired) electrons. The predicted octanol–water partition coefficient (Wildman–Crippen LogP) is 7.25. The lowest BCUT2D eigenvalue weighted by Gasteiger charge is -2.29. The second kappa shape index (κ2) is 13.3. The van der Waals surface area contributed by atoms with Gasteiger partial charge >= 0.3 is 0 Å². The zero-order valence-electron chi connectivity index (χ0n) is 23.2. The van der Waals surface area contributed by atoms with Crippen LogP contribution in [0, 0.1) is 11.7 Å². The Morgan fingerprint density at radius 2 is 2.03 bits per heavy atom. The minimum atomic E-state index is -0.184. The summed E-state index contributed by atoms with van der Waals surface area (Å²) in [6.07, 6.45) is 10.3. The average Bonchev–Trinajstić information content (AvgIpc) is 3.60. The first kappa shape index (κ1) is 28.2. The van der Waals surface area contributed by atoms with Crippen LogP contribution in [0.1, 0.15) is 70.4 Å². The van der Waals surface area contributed by atoms with E-state index >= 15 is 0 Å². The molecule has 3 unspecified atom stereocenters. The Hall–Kier alpha value is -2.83. The highest BCUT2D eigenvalue weighted by Gasteiger charge is 2.23. The summed E-state index contributed by atoms with van der Waals surface area (Å²) in [6, 6.07) is 11.5. The van der Waals surface area contributed by atoms with E-state index in [2.05, 4.69) is 25.3 Å². The number of rotatable bonds is 8. The Labute approximate surface area is 227 Å². The van der Waals surface area contributed by atoms with Gasteiger partial charge in [-0.2, -0.15) is 0 Å². The maximum absolute atomic E-state index is 14.9. The van der Waals surface area contributed by atoms with E-state index in [4.69, 9.17) is 14.6 Å². The molecule has 0 aromatic heterocycles. The SMILES string of the molecule is C=C1c2ccc(OCC3CCCO3)cc2C=CN1c1ccc(N2CCC(C)C2)c(F)c1.CCCC(O)CC. The van der Waals surface area contributed by atoms with Crippen molar-refractivity contribution in [3.05, 3.63) is 66.1 Å². The van der Waals surface area contributed by atoms with E-state index in [9.17, 15) is 4.39 Å². The van der Waals surface area contributed by atoms with Crippen LogP contribution in [0.15, 0.2) is 49.2 Å². The van der Waals surface area contributed by atoms with Crippen molar-refractivity contribution in [1.29, 1.82) is 0 Å². The maximum atomic E-state index is 14.9. The van der Waals surface area contributed by atoms with Crippen molar-refractivity contribution in [2.24, 2.45) is 5.92 Å². The second-order valence-electron chi connectivity index (χ2n) is 10.7. The Morgan fingerprint density at radius 1 is 1.18 bits per heavy atom. The smallest absolute Gasteiger partial charge is 0.148 e. The van der Waals surface area contributed by atoms with Gasteiger partial charge in [0.15, 0.2) is 0 Å². The van der Waals surface area contributed by atoms with Gasteiger partial charge in [-0.1, -0.05) is 33.8 Å². The summed E-state index contributed by atoms with van der Waals surface area (Å²) in [4.78, 5) is 4.08. The van der Waals surface area contributed by atoms with E-state index in [0.717, 1.165) is 86.5 Å². The van der Waals surface area contributed by atoms with E-state index in [1.54, 1.807) is 6.07 Å². The number of aliphatic hydroxyl groups is 1. The molecule has 2 fully saturated rings. The van der Waals surface area contributed by atoms with Crippen LogP contribution in [-0.4, -0.2) is 43.6 Å². The maximum Gasteiger partial charge on any atom is 0.148 e. The number of nitrogens with zero attached hydrogens (tertiary/aromatic N) is 2. The number of hydrogen-bond donors (Lipinski definition) is 1. The zero-order chi connectivity index (χ0) is 27.1. The Bertz CT molecular complexity index is 1110. The molecule has 0 bridgehead atoms. The van der Waals surface area contributed by atoms with Gasteiger partial charge in [-0.3, -0.25) is 0 Å². The number of fused-ring (bicyclic) bond motifs is 1. The van der Waals surface area contributed by atoms with Crippen LogP contribution in [-0.2, 0) is 4.74 Å². The summed E-state index contributed by atoms with van der Waals surface area (Å²) in [5.41, 5.74) is 4.36. The van der Waals surface area contributed by atoms with Crippen LogP contribution in [0.25, 0.3) is 11.8 Å². The lowest BCUT2D eigenvalue weighted by atomic mass is 10.0. The molecule has 2 aromatic rings. The fourth-order valence-electron chi connectivity index (χ4n) is 5.21. The third kappa shape index (κ3) is 6.97. The van der Waals surface area contributed by atoms with Gasteiger partial charge in [-0.05, 0) is 80.0 Å². The van der Waals surface area contributed by atoms with Crippen LogP contribution < -0.4 is 14.5 Å². The molecule has 206 valence electrons. The highest BCUT2D eigenvalue weighted by molar-refractivity contribution is 5.89. The van der Waals surface area contributed by atoms with Gasteiger partial charge in [0.2, 0.25) is 0 Å². The first-order chi connectivity index (χ1) is 18.4. The topological polar surface area (TPSA) is 45.2 Å². The third-order valence-electron chi connectivity index (χ3n) is 7.55. The molecule has 38 heavy (non-hydrogen) atoms. The molecule has 0 saturated carbocycles. The van der Waals surface area contributed by atoms with E-state index in [1.807, 2.05) is 54.4 Å². The van der Waals surface area contributed by atoms with Gasteiger partial charge in [0.25, 0.3) is 0 Å². The average molecular weight is 523 g/mol. The van der Waals surface area contributed by atoms with Gasteiger partial charge in [-0.25, -0.2) is 4.39 Å². The fraction of sp³-hybridized carbons (Fsp3) is 0.500. The molecule has 5 nitrogen and oxygen atoms in total. The highest BCUT2D eigenvalue weighted by atomic mass is 19.1. The van der Waals surface area contributed by atoms with Gasteiger partial charge < -0.3 is 24.4 Å². The van der Waals surface area contributed by atoms with Gasteiger partial charge in [0, 0.05) is 48.9 Å². The summed E-state index contributed by atoms with van der Waals surface area (Å²) in [5, 5.41) is 8.86. The Kier molecular flexibility index (Phi) is 9.86. The molecular formula is C32H43FN2O3. The molecule has 3 aliphatic heterocycles. The Morgan fingerprint density at radius 3 is 2.66 bits per heavy atom. The molecule has 0 spiro atoms. The van der Waals surface area contributed by atoms with Gasteiger partial charge in [-0.15, -0.1) is 0 Å². The lowest BCUT2D eigenvalue weighted by molar-refractivity contribution is 0.0679. The van der Waals surface area contributed by atoms with E-state index in [0.29, 0.717) is 18.2 Å². The monoisotopic (exact) mass is 522 g/mol. The summed E-state index contributed by atoms with van der Waals surface area (Å²) in [5.74, 6) is 1.26. The molecule has 3 atom stereocenters. The van der Waals surface area contributed by atoms with Crippen molar-refractivity contribution in [3.8, 4) is 5.75 Å². The number of aliphatic hydroxyl groups excluding tert-OH is 1. The van der Waals surface area contributed by atoms with Crippen molar-refractivity contribution >= 4 is 23.1 Å². The molecular weight excluding hydrogens is 479 g/mol. The summed E-state index contributed by atoms with van der Waals surface area (Å²) in [6.45, 7) is 13.8. The molecule has 3 aliphatic rings. The standard InChI is InChI=1S/C26H29FN2O2.C6H14O/c1-18-9-11-28(16-18)26-8-5-21(15-25(26)27)29-12-10-20-14-22(6-7-24(20)19(29)2)31-17-23-4-3-13-30-23;1-3-5-6(7)4-2/h5-8,10,12,14-15,18,23H,2-4,9,11,13,16-17H2,1H3;6-7H,3-5H2,1-2H3. The molecule has 6 heteroatoms. The number of ether oxygens (including phenoxy) is 2. The molecule has 0 amide bonds. The minimum absolute atomic E-state index is 0.0509. The van der Waals surface area contributed by atoms with Gasteiger partial charge in [0.05, 0.1) is 17.9 Å². The number of hydrogen-bond acceptors (Lipinski definition) is 5. The molecule has 2 saturated heterocycles. The first-order valence-electron chi connectivity index (χ1n) is 14.2. The molecule has 2 aromatic carbocycles. The van der Waals surface area contributed by atoms with Crippen molar-refractivity contribution in [2.45, 2.75) is 71.5 Å². The summed E-state index contributed by atoms with van der Waals surface area (Å²) >= 11 is 0. The van der Waals surface area contributed by atoms with Crippen molar-refractivity contribution < 1.29 is 19.0 Å². The normalized spacial score (nSPS) is 21.2. The highest BCUT2D eigenvalue weighted by Crippen LogP contribution is 2.36. The molecule has 5 rings (SSSR count). The lowest BCUT2D eigenvalue weighted by Crippen LogP contribution is -2.21. The van der Waals surface area contributed by atoms with E-state index in [-0.39, 0.29) is 18.0 Å². The molecule has 1 N–H and O–H groups in total. The summed E-state index contributed by atoms with van der Waals surface area (Å²) < 4.78 is 26.5. The quantitative estimate of drug-likeness (QED) is 0.396. The van der Waals surface area contributed by atoms with E-state index < -0.39 is 0 Å². The van der Waals surface area contributed by atoms with Crippen LogP contribution in [0.5, 0.6) is 5.75 Å². The number of anilines is 2. The largest absolute Gasteiger partial charge is 0.491 e. The molecule has 3 heterocycles. The van der Waals surface area contributed by atoms with Crippen molar-refractivity contribution in [1.82, 2.24) is 0 Å². The van der Waals surface area contributed by atoms with Crippen molar-refractivity contribution in [3.63, 3.8) is 0 Å². The van der Waals surface area contributed by atoms with Gasteiger partial charge in [0.1, 0.15) is 18.2 Å². The van der Waals surface area contributed by atoms with Crippen LogP contribution in [0.2, 0.25) is 0 Å². The van der Waals surface area contributed by atoms with Crippen LogP contribution in [0.3, 0.4) is 0 Å². The molecule has 0 aliphatic carbocycles. The van der Waals surface area contributed by atoms with Crippen molar-refractivity contribution in [2.75, 3.05) is 36.1 Å². The first-order valence-corrected chi connectivity index (χ1v) is 14.2. The van der Waals surface area contributed by atoms with Crippen LogP contribution >= 0.6 is 0 Å². The van der Waals surface area contributed by atoms with Crippen LogP contribution in [0.4, 0.5) is 15.8 Å².